The Kier molecular flexibility index (Phi) is 1.32. The van der Waals surface area contributed by atoms with Crippen LogP contribution in [0.25, 0.3) is 0 Å². The summed E-state index contributed by atoms with van der Waals surface area (Å²) in [5.41, 5.74) is 0. The zero-order valence-corrected chi connectivity index (χ0v) is 3.70. The molecule has 0 aromatic rings. The fourth-order valence-electron chi connectivity index (χ4n) is 0. The average molecular weight is 107 g/mol. The first-order chi connectivity index (χ1) is 2.56. The van der Waals surface area contributed by atoms with E-state index in [1.54, 1.807) is 0 Å². The highest BCUT2D eigenvalue weighted by atomic mass is 32.2. The van der Waals surface area contributed by atoms with Gasteiger partial charge in [0.2, 0.25) is 0 Å². The Balaban J connectivity index is 4.25. The largest absolute Gasteiger partial charge is 0.295 e. The Morgan fingerprint density at radius 2 is 1.83 bits per heavy atom. The topological polar surface area (TPSA) is 54.4 Å². The van der Waals surface area contributed by atoms with Crippen LogP contribution in [0.15, 0.2) is 6.58 Å². The molecule has 0 aromatic heterocycles. The van der Waals surface area contributed by atoms with Crippen molar-refractivity contribution in [3.63, 3.8) is 0 Å². The predicted molar refractivity (Wildman–Crippen MR) is 20.4 cm³/mol. The second-order valence-corrected chi connectivity index (χ2v) is 1.86. The van der Waals surface area contributed by atoms with Crippen LogP contribution < -0.4 is 0 Å². The van der Waals surface area contributed by atoms with E-state index in [1.165, 1.54) is 5.41 Å². The van der Waals surface area contributed by atoms with E-state index in [4.69, 9.17) is 4.55 Å². The quantitative estimate of drug-likeness (QED) is 0.473. The van der Waals surface area contributed by atoms with Gasteiger partial charge in [-0.05, 0) is 0 Å². The van der Waals surface area contributed by atoms with Crippen LogP contribution in [0.4, 0.5) is 0 Å². The summed E-state index contributed by atoms with van der Waals surface area (Å²) < 4.78 is 26.4. The molecule has 0 unspecified atom stereocenters. The summed E-state index contributed by atoms with van der Waals surface area (Å²) in [6.07, 6.45) is 0. The van der Waals surface area contributed by atoms with Crippen molar-refractivity contribution in [1.29, 1.82) is 0 Å². The van der Waals surface area contributed by atoms with Gasteiger partial charge in [-0.1, -0.05) is 6.58 Å². The molecule has 0 rings (SSSR count). The highest BCUT2D eigenvalue weighted by Gasteiger charge is 1.89. The third-order valence-corrected chi connectivity index (χ3v) is 0.547. The number of rotatable bonds is 1. The van der Waals surface area contributed by atoms with Crippen LogP contribution in [0, 0.1) is 5.41 Å². The van der Waals surface area contributed by atoms with Gasteiger partial charge >= 0.3 is 0 Å². The Labute approximate surface area is 36.0 Å². The van der Waals surface area contributed by atoms with Crippen LogP contribution in [0.5, 0.6) is 0 Å². The van der Waals surface area contributed by atoms with Crippen molar-refractivity contribution in [2.75, 3.05) is 0 Å². The molecule has 0 amide bonds. The number of hydrogen-bond donors (Lipinski definition) is 1. The van der Waals surface area contributed by atoms with Crippen molar-refractivity contribution in [3.8, 4) is 0 Å². The second-order valence-electron chi connectivity index (χ2n) is 0.619. The van der Waals surface area contributed by atoms with Crippen molar-refractivity contribution >= 4 is 10.1 Å². The summed E-state index contributed by atoms with van der Waals surface area (Å²) >= 11 is 0. The summed E-state index contributed by atoms with van der Waals surface area (Å²) in [4.78, 5) is 0. The maximum atomic E-state index is 9.38. The van der Waals surface area contributed by atoms with E-state index in [0.717, 1.165) is 0 Å². The lowest BCUT2D eigenvalue weighted by atomic mass is 11.3. The average Bonchev–Trinajstić information content (AvgIpc) is 1.35. The van der Waals surface area contributed by atoms with Gasteiger partial charge < -0.3 is 0 Å². The third-order valence-electron chi connectivity index (χ3n) is 0.182. The minimum Gasteiger partial charge on any atom is -0.282 e. The van der Waals surface area contributed by atoms with Gasteiger partial charge in [-0.15, -0.1) is 0 Å². The molecule has 0 fully saturated rings. The Morgan fingerprint density at radius 3 is 1.83 bits per heavy atom. The molecule has 0 saturated carbocycles. The molecule has 0 heterocycles. The van der Waals surface area contributed by atoms with Crippen LogP contribution in [-0.4, -0.2) is 13.0 Å². The van der Waals surface area contributed by atoms with Crippen molar-refractivity contribution in [2.45, 2.75) is 0 Å². The molecule has 0 atom stereocenters. The molecule has 0 aliphatic heterocycles. The molecule has 35 valence electrons. The smallest absolute Gasteiger partial charge is 0.282 e. The second kappa shape index (κ2) is 1.40. The Hall–Kier alpha value is -0.350. The first kappa shape index (κ1) is 5.65. The summed E-state index contributed by atoms with van der Waals surface area (Å²) in [5.74, 6) is 0. The minimum atomic E-state index is -4.02. The molecule has 3 nitrogen and oxygen atoms in total. The lowest BCUT2D eigenvalue weighted by molar-refractivity contribution is 0.493. The van der Waals surface area contributed by atoms with Crippen molar-refractivity contribution in [3.05, 3.63) is 12.0 Å². The van der Waals surface area contributed by atoms with Gasteiger partial charge in [0, 0.05) is 0 Å². The fraction of sp³-hybridized carbons (Fsp3) is 0. The summed E-state index contributed by atoms with van der Waals surface area (Å²) in [6.45, 7) is 2.67. The van der Waals surface area contributed by atoms with Crippen molar-refractivity contribution in [1.82, 2.24) is 0 Å². The molecule has 0 aliphatic carbocycles. The Bertz CT molecular complexity index is 119. The van der Waals surface area contributed by atoms with Gasteiger partial charge in [-0.25, -0.2) is 0 Å². The summed E-state index contributed by atoms with van der Waals surface area (Å²) in [5, 5.41) is 1.38. The molecule has 4 heteroatoms. The fourth-order valence-corrected chi connectivity index (χ4v) is 0. The molecule has 1 N–H and O–H groups in total. The predicted octanol–water partition coefficient (Wildman–Crippen LogP) is -0.179. The number of hydrogen-bond acceptors (Lipinski definition) is 2. The van der Waals surface area contributed by atoms with Crippen molar-refractivity contribution < 1.29 is 13.0 Å². The first-order valence-electron chi connectivity index (χ1n) is 1.07. The third kappa shape index (κ3) is 3.65. The molecule has 6 heavy (non-hydrogen) atoms. The van der Waals surface area contributed by atoms with Crippen molar-refractivity contribution in [2.24, 2.45) is 0 Å². The molecule has 0 saturated heterocycles. The normalized spacial score (nSPS) is 10.8. The van der Waals surface area contributed by atoms with Crippen LogP contribution >= 0.6 is 0 Å². The molecule has 0 spiro atoms. The SMILES string of the molecule is C=[C]S(=O)(=O)O. The zero-order chi connectivity index (χ0) is 5.21. The van der Waals surface area contributed by atoms with Gasteiger partial charge in [0.05, 0.1) is 0 Å². The monoisotopic (exact) mass is 107 g/mol. The zero-order valence-electron chi connectivity index (χ0n) is 2.88. The van der Waals surface area contributed by atoms with E-state index in [0.29, 0.717) is 0 Å². The maximum absolute atomic E-state index is 9.38. The molecular formula is C2H3O3S. The summed E-state index contributed by atoms with van der Waals surface area (Å²) in [6, 6.07) is 0. The van der Waals surface area contributed by atoms with E-state index in [9.17, 15) is 8.42 Å². The van der Waals surface area contributed by atoms with Gasteiger partial charge in [0.25, 0.3) is 10.1 Å². The van der Waals surface area contributed by atoms with Crippen LogP contribution in [0.3, 0.4) is 0 Å². The van der Waals surface area contributed by atoms with E-state index in [-0.39, 0.29) is 0 Å². The van der Waals surface area contributed by atoms with Gasteiger partial charge in [-0.3, -0.25) is 4.55 Å². The lowest BCUT2D eigenvalue weighted by Gasteiger charge is -1.72. The summed E-state index contributed by atoms with van der Waals surface area (Å²) in [7, 11) is -4.02. The van der Waals surface area contributed by atoms with Crippen LogP contribution in [0.1, 0.15) is 0 Å². The molecule has 0 bridgehead atoms. The van der Waals surface area contributed by atoms with E-state index >= 15 is 0 Å². The van der Waals surface area contributed by atoms with E-state index < -0.39 is 10.1 Å². The lowest BCUT2D eigenvalue weighted by Crippen LogP contribution is -1.87. The minimum absolute atomic E-state index is 1.38. The molecule has 0 aliphatic rings. The standard InChI is InChI=1S/C2H3O3S/c1-2-6(3,4)5/h1H2,(H,3,4,5). The first-order valence-corrected chi connectivity index (χ1v) is 2.51. The molecule has 0 aromatic carbocycles. The van der Waals surface area contributed by atoms with Crippen LogP contribution in [-0.2, 0) is 10.1 Å². The van der Waals surface area contributed by atoms with Crippen LogP contribution in [0.2, 0.25) is 0 Å². The van der Waals surface area contributed by atoms with E-state index in [1.807, 2.05) is 0 Å². The van der Waals surface area contributed by atoms with Gasteiger partial charge in [0.1, 0.15) is 5.41 Å². The molecule has 1 radical (unpaired) electrons. The maximum Gasteiger partial charge on any atom is 0.295 e. The van der Waals surface area contributed by atoms with Gasteiger partial charge in [-0.2, -0.15) is 8.42 Å². The van der Waals surface area contributed by atoms with Gasteiger partial charge in [0.15, 0.2) is 0 Å². The Morgan fingerprint density at radius 1 is 1.67 bits per heavy atom. The van der Waals surface area contributed by atoms with E-state index in [2.05, 4.69) is 6.58 Å². The highest BCUT2D eigenvalue weighted by molar-refractivity contribution is 7.87. The highest BCUT2D eigenvalue weighted by Crippen LogP contribution is 1.73. The molecular weight excluding hydrogens is 104 g/mol.